The summed E-state index contributed by atoms with van der Waals surface area (Å²) >= 11 is 0. The fourth-order valence-corrected chi connectivity index (χ4v) is 3.37. The lowest BCUT2D eigenvalue weighted by atomic mass is 9.89. The van der Waals surface area contributed by atoms with Gasteiger partial charge in [0.05, 0.1) is 12.1 Å². The first-order valence-corrected chi connectivity index (χ1v) is 7.72. The van der Waals surface area contributed by atoms with E-state index in [0.29, 0.717) is 12.1 Å². The zero-order valence-electron chi connectivity index (χ0n) is 13.1. The number of likely N-dealkylation sites (N-methyl/N-ethyl adjacent to an activating group) is 1. The van der Waals surface area contributed by atoms with Crippen LogP contribution in [-0.4, -0.2) is 25.0 Å². The predicted molar refractivity (Wildman–Crippen MR) is 88.5 cm³/mol. The van der Waals surface area contributed by atoms with Crippen LogP contribution in [0.1, 0.15) is 34.3 Å². The molecule has 110 valence electrons. The summed E-state index contributed by atoms with van der Waals surface area (Å²) in [6, 6.07) is 18.5. The highest BCUT2D eigenvalue weighted by atomic mass is 15.2. The molecular formula is C19H24N2. The molecule has 1 fully saturated rings. The van der Waals surface area contributed by atoms with E-state index in [0.717, 1.165) is 13.1 Å². The SMILES string of the molecule is Cc1cccc(C2NCCN(C)C2c2cccc(C)c2)c1. The first kappa shape index (κ1) is 14.3. The molecule has 3 rings (SSSR count). The van der Waals surface area contributed by atoms with Gasteiger partial charge in [-0.3, -0.25) is 4.90 Å². The standard InChI is InChI=1S/C19H24N2/c1-14-6-4-8-16(12-14)18-19(21(3)11-10-20-18)17-9-5-7-15(2)13-17/h4-9,12-13,18-20H,10-11H2,1-3H3. The predicted octanol–water partition coefficient (Wildman–Crippen LogP) is 3.62. The van der Waals surface area contributed by atoms with Crippen LogP contribution in [0.5, 0.6) is 0 Å². The molecule has 1 saturated heterocycles. The molecule has 0 bridgehead atoms. The van der Waals surface area contributed by atoms with Crippen LogP contribution in [0.2, 0.25) is 0 Å². The average Bonchev–Trinajstić information content (AvgIpc) is 2.47. The Bertz CT molecular complexity index is 620. The minimum Gasteiger partial charge on any atom is -0.307 e. The Kier molecular flexibility index (Phi) is 4.09. The molecule has 0 aromatic heterocycles. The zero-order valence-corrected chi connectivity index (χ0v) is 13.1. The van der Waals surface area contributed by atoms with E-state index >= 15 is 0 Å². The van der Waals surface area contributed by atoms with Crippen LogP contribution in [0.4, 0.5) is 0 Å². The van der Waals surface area contributed by atoms with Gasteiger partial charge in [0.2, 0.25) is 0 Å². The van der Waals surface area contributed by atoms with Crippen molar-refractivity contribution in [3.05, 3.63) is 70.8 Å². The van der Waals surface area contributed by atoms with Crippen molar-refractivity contribution in [2.75, 3.05) is 20.1 Å². The molecule has 1 aliphatic heterocycles. The number of benzene rings is 2. The van der Waals surface area contributed by atoms with Crippen LogP contribution in [-0.2, 0) is 0 Å². The largest absolute Gasteiger partial charge is 0.307 e. The molecule has 2 aromatic rings. The van der Waals surface area contributed by atoms with E-state index in [2.05, 4.69) is 79.6 Å². The summed E-state index contributed by atoms with van der Waals surface area (Å²) in [7, 11) is 2.23. The highest BCUT2D eigenvalue weighted by Crippen LogP contribution is 2.35. The molecule has 21 heavy (non-hydrogen) atoms. The first-order valence-electron chi connectivity index (χ1n) is 7.72. The monoisotopic (exact) mass is 280 g/mol. The Morgan fingerprint density at radius 2 is 1.57 bits per heavy atom. The van der Waals surface area contributed by atoms with Gasteiger partial charge in [-0.2, -0.15) is 0 Å². The number of piperazine rings is 1. The summed E-state index contributed by atoms with van der Waals surface area (Å²) in [6.45, 7) is 6.46. The molecule has 2 atom stereocenters. The second-order valence-corrected chi connectivity index (χ2v) is 6.19. The number of nitrogens with one attached hydrogen (secondary N) is 1. The maximum atomic E-state index is 3.72. The number of rotatable bonds is 2. The van der Waals surface area contributed by atoms with E-state index in [1.165, 1.54) is 22.3 Å². The fourth-order valence-electron chi connectivity index (χ4n) is 3.37. The third-order valence-corrected chi connectivity index (χ3v) is 4.40. The topological polar surface area (TPSA) is 15.3 Å². The van der Waals surface area contributed by atoms with Gasteiger partial charge in [0.15, 0.2) is 0 Å². The van der Waals surface area contributed by atoms with E-state index in [4.69, 9.17) is 0 Å². The molecule has 2 aromatic carbocycles. The van der Waals surface area contributed by atoms with Crippen LogP contribution in [0.3, 0.4) is 0 Å². The van der Waals surface area contributed by atoms with Gasteiger partial charge in [-0.1, -0.05) is 59.7 Å². The molecular weight excluding hydrogens is 256 g/mol. The number of aryl methyl sites for hydroxylation is 2. The van der Waals surface area contributed by atoms with Gasteiger partial charge >= 0.3 is 0 Å². The number of nitrogens with zero attached hydrogens (tertiary/aromatic N) is 1. The van der Waals surface area contributed by atoms with Crippen molar-refractivity contribution in [3.8, 4) is 0 Å². The molecule has 2 nitrogen and oxygen atoms in total. The maximum absolute atomic E-state index is 3.72. The van der Waals surface area contributed by atoms with Crippen molar-refractivity contribution in [2.45, 2.75) is 25.9 Å². The summed E-state index contributed by atoms with van der Waals surface area (Å²) in [4.78, 5) is 2.47. The second kappa shape index (κ2) is 6.00. The Labute approximate surface area is 127 Å². The highest BCUT2D eigenvalue weighted by molar-refractivity contribution is 5.32. The normalized spacial score (nSPS) is 23.2. The number of hydrogen-bond donors (Lipinski definition) is 1. The van der Waals surface area contributed by atoms with Gasteiger partial charge in [-0.05, 0) is 32.0 Å². The van der Waals surface area contributed by atoms with Crippen molar-refractivity contribution in [1.82, 2.24) is 10.2 Å². The minimum atomic E-state index is 0.352. The van der Waals surface area contributed by atoms with Crippen LogP contribution in [0.15, 0.2) is 48.5 Å². The van der Waals surface area contributed by atoms with E-state index < -0.39 is 0 Å². The summed E-state index contributed by atoms with van der Waals surface area (Å²) in [5.41, 5.74) is 5.43. The zero-order chi connectivity index (χ0) is 14.8. The smallest absolute Gasteiger partial charge is 0.0541 e. The summed E-state index contributed by atoms with van der Waals surface area (Å²) < 4.78 is 0. The molecule has 1 heterocycles. The quantitative estimate of drug-likeness (QED) is 0.904. The lowest BCUT2D eigenvalue weighted by Crippen LogP contribution is -2.46. The summed E-state index contributed by atoms with van der Waals surface area (Å²) in [6.07, 6.45) is 0. The van der Waals surface area contributed by atoms with E-state index in [-0.39, 0.29) is 0 Å². The van der Waals surface area contributed by atoms with E-state index in [1.54, 1.807) is 0 Å². The van der Waals surface area contributed by atoms with Crippen molar-refractivity contribution in [2.24, 2.45) is 0 Å². The molecule has 0 radical (unpaired) electrons. The Hall–Kier alpha value is -1.64. The van der Waals surface area contributed by atoms with Crippen LogP contribution in [0.25, 0.3) is 0 Å². The fraction of sp³-hybridized carbons (Fsp3) is 0.368. The van der Waals surface area contributed by atoms with Gasteiger partial charge in [-0.25, -0.2) is 0 Å². The molecule has 0 spiro atoms. The molecule has 2 unspecified atom stereocenters. The maximum Gasteiger partial charge on any atom is 0.0541 e. The lowest BCUT2D eigenvalue weighted by molar-refractivity contribution is 0.151. The van der Waals surface area contributed by atoms with Gasteiger partial charge in [0.25, 0.3) is 0 Å². The Balaban J connectivity index is 2.00. The summed E-state index contributed by atoms with van der Waals surface area (Å²) in [5.74, 6) is 0. The Morgan fingerprint density at radius 3 is 2.24 bits per heavy atom. The molecule has 0 amide bonds. The van der Waals surface area contributed by atoms with Crippen molar-refractivity contribution >= 4 is 0 Å². The molecule has 2 heteroatoms. The Morgan fingerprint density at radius 1 is 0.952 bits per heavy atom. The molecule has 0 saturated carbocycles. The van der Waals surface area contributed by atoms with Crippen molar-refractivity contribution in [1.29, 1.82) is 0 Å². The van der Waals surface area contributed by atoms with Crippen molar-refractivity contribution < 1.29 is 0 Å². The van der Waals surface area contributed by atoms with Crippen LogP contribution >= 0.6 is 0 Å². The third-order valence-electron chi connectivity index (χ3n) is 4.40. The van der Waals surface area contributed by atoms with Gasteiger partial charge in [-0.15, -0.1) is 0 Å². The average molecular weight is 280 g/mol. The van der Waals surface area contributed by atoms with E-state index in [9.17, 15) is 0 Å². The van der Waals surface area contributed by atoms with Crippen LogP contribution in [0, 0.1) is 13.8 Å². The number of hydrogen-bond acceptors (Lipinski definition) is 2. The lowest BCUT2D eigenvalue weighted by Gasteiger charge is -2.40. The van der Waals surface area contributed by atoms with Gasteiger partial charge in [0, 0.05) is 13.1 Å². The third kappa shape index (κ3) is 3.02. The van der Waals surface area contributed by atoms with Gasteiger partial charge in [0.1, 0.15) is 0 Å². The second-order valence-electron chi connectivity index (χ2n) is 6.19. The highest BCUT2D eigenvalue weighted by Gasteiger charge is 2.31. The first-order chi connectivity index (χ1) is 10.1. The van der Waals surface area contributed by atoms with E-state index in [1.807, 2.05) is 0 Å². The molecule has 1 N–H and O–H groups in total. The molecule has 0 aliphatic carbocycles. The molecule has 1 aliphatic rings. The summed E-state index contributed by atoms with van der Waals surface area (Å²) in [5, 5.41) is 3.72. The minimum absolute atomic E-state index is 0.352. The van der Waals surface area contributed by atoms with Crippen molar-refractivity contribution in [3.63, 3.8) is 0 Å². The van der Waals surface area contributed by atoms with Gasteiger partial charge < -0.3 is 5.32 Å². The van der Waals surface area contributed by atoms with Crippen LogP contribution < -0.4 is 5.32 Å².